The third-order valence-electron chi connectivity index (χ3n) is 3.89. The second kappa shape index (κ2) is 9.90. The fourth-order valence-electron chi connectivity index (χ4n) is 2.87. The van der Waals surface area contributed by atoms with Crippen molar-refractivity contribution in [3.63, 3.8) is 0 Å². The van der Waals surface area contributed by atoms with E-state index in [1.807, 2.05) is 0 Å². The summed E-state index contributed by atoms with van der Waals surface area (Å²) in [5.74, 6) is 1.02. The SMILES string of the molecule is CCCNCCCN1CCCC(CCC)CC1. The van der Waals surface area contributed by atoms with Gasteiger partial charge in [-0.25, -0.2) is 0 Å². The number of hydrogen-bond acceptors (Lipinski definition) is 2. The maximum absolute atomic E-state index is 3.49. The van der Waals surface area contributed by atoms with Crippen LogP contribution in [0.5, 0.6) is 0 Å². The van der Waals surface area contributed by atoms with Crippen molar-refractivity contribution in [2.75, 3.05) is 32.7 Å². The molecule has 0 aromatic rings. The van der Waals surface area contributed by atoms with Crippen LogP contribution in [-0.4, -0.2) is 37.6 Å². The Hall–Kier alpha value is -0.0800. The Bertz CT molecular complexity index is 170. The van der Waals surface area contributed by atoms with E-state index >= 15 is 0 Å². The van der Waals surface area contributed by atoms with Crippen LogP contribution in [0.3, 0.4) is 0 Å². The first-order valence-corrected chi connectivity index (χ1v) is 7.79. The predicted octanol–water partition coefficient (Wildman–Crippen LogP) is 3.28. The van der Waals surface area contributed by atoms with Crippen molar-refractivity contribution >= 4 is 0 Å². The highest BCUT2D eigenvalue weighted by molar-refractivity contribution is 4.70. The summed E-state index contributed by atoms with van der Waals surface area (Å²) < 4.78 is 0. The van der Waals surface area contributed by atoms with Gasteiger partial charge >= 0.3 is 0 Å². The van der Waals surface area contributed by atoms with E-state index in [1.54, 1.807) is 0 Å². The predicted molar refractivity (Wildman–Crippen MR) is 76.5 cm³/mol. The van der Waals surface area contributed by atoms with Crippen molar-refractivity contribution < 1.29 is 0 Å². The van der Waals surface area contributed by atoms with Gasteiger partial charge in [0.25, 0.3) is 0 Å². The molecular formula is C15H32N2. The molecule has 1 atom stereocenters. The third-order valence-corrected chi connectivity index (χ3v) is 3.89. The Morgan fingerprint density at radius 3 is 2.71 bits per heavy atom. The molecule has 0 aliphatic carbocycles. The molecular weight excluding hydrogens is 208 g/mol. The average molecular weight is 240 g/mol. The molecule has 0 amide bonds. The van der Waals surface area contributed by atoms with E-state index in [9.17, 15) is 0 Å². The molecule has 17 heavy (non-hydrogen) atoms. The number of rotatable bonds is 8. The van der Waals surface area contributed by atoms with Gasteiger partial charge in [-0.05, 0) is 70.7 Å². The molecule has 1 unspecified atom stereocenters. The average Bonchev–Trinajstić information content (AvgIpc) is 2.55. The maximum Gasteiger partial charge on any atom is -0.000664 e. The van der Waals surface area contributed by atoms with Crippen molar-refractivity contribution in [3.8, 4) is 0 Å². The van der Waals surface area contributed by atoms with Gasteiger partial charge in [0.2, 0.25) is 0 Å². The molecule has 1 aliphatic rings. The minimum Gasteiger partial charge on any atom is -0.317 e. The van der Waals surface area contributed by atoms with Gasteiger partial charge in [0.05, 0.1) is 0 Å². The first-order valence-electron chi connectivity index (χ1n) is 7.79. The second-order valence-electron chi connectivity index (χ2n) is 5.53. The van der Waals surface area contributed by atoms with Crippen molar-refractivity contribution in [2.24, 2.45) is 5.92 Å². The molecule has 0 radical (unpaired) electrons. The largest absolute Gasteiger partial charge is 0.317 e. The highest BCUT2D eigenvalue weighted by Crippen LogP contribution is 2.21. The lowest BCUT2D eigenvalue weighted by Crippen LogP contribution is -2.28. The van der Waals surface area contributed by atoms with Gasteiger partial charge in [-0.15, -0.1) is 0 Å². The van der Waals surface area contributed by atoms with Gasteiger partial charge in [-0.2, -0.15) is 0 Å². The molecule has 2 heteroatoms. The summed E-state index contributed by atoms with van der Waals surface area (Å²) in [7, 11) is 0. The second-order valence-corrected chi connectivity index (χ2v) is 5.53. The van der Waals surface area contributed by atoms with Crippen molar-refractivity contribution in [2.45, 2.75) is 58.8 Å². The van der Waals surface area contributed by atoms with Crippen LogP contribution in [-0.2, 0) is 0 Å². The van der Waals surface area contributed by atoms with Crippen molar-refractivity contribution in [3.05, 3.63) is 0 Å². The lowest BCUT2D eigenvalue weighted by molar-refractivity contribution is 0.274. The topological polar surface area (TPSA) is 15.3 Å². The summed E-state index contributed by atoms with van der Waals surface area (Å²) in [5.41, 5.74) is 0. The zero-order valence-electron chi connectivity index (χ0n) is 12.0. The first kappa shape index (κ1) is 15.0. The van der Waals surface area contributed by atoms with E-state index in [-0.39, 0.29) is 0 Å². The summed E-state index contributed by atoms with van der Waals surface area (Å²) in [6.45, 7) is 10.9. The molecule has 0 bridgehead atoms. The van der Waals surface area contributed by atoms with E-state index in [1.165, 1.54) is 77.7 Å². The normalized spacial score (nSPS) is 22.6. The minimum atomic E-state index is 1.02. The van der Waals surface area contributed by atoms with Crippen LogP contribution in [0.4, 0.5) is 0 Å². The standard InChI is InChI=1S/C15H32N2/c1-3-7-15-8-5-12-17(14-9-15)13-6-11-16-10-4-2/h15-16H,3-14H2,1-2H3. The van der Waals surface area contributed by atoms with Crippen LogP contribution in [0, 0.1) is 5.92 Å². The molecule has 0 saturated carbocycles. The van der Waals surface area contributed by atoms with Gasteiger partial charge in [0.1, 0.15) is 0 Å². The molecule has 0 spiro atoms. The Kier molecular flexibility index (Phi) is 8.72. The molecule has 1 aliphatic heterocycles. The number of likely N-dealkylation sites (tertiary alicyclic amines) is 1. The van der Waals surface area contributed by atoms with Gasteiger partial charge in [0.15, 0.2) is 0 Å². The Balaban J connectivity index is 2.05. The van der Waals surface area contributed by atoms with Gasteiger partial charge in [-0.1, -0.05) is 26.7 Å². The number of hydrogen-bond donors (Lipinski definition) is 1. The smallest absolute Gasteiger partial charge is 0.000664 e. The van der Waals surface area contributed by atoms with Crippen LogP contribution in [0.25, 0.3) is 0 Å². The van der Waals surface area contributed by atoms with Crippen LogP contribution < -0.4 is 5.32 Å². The Morgan fingerprint density at radius 2 is 1.94 bits per heavy atom. The van der Waals surface area contributed by atoms with Crippen LogP contribution in [0.1, 0.15) is 58.8 Å². The quantitative estimate of drug-likeness (QED) is 0.655. The summed E-state index contributed by atoms with van der Waals surface area (Å²) in [6.07, 6.45) is 9.72. The molecule has 1 rings (SSSR count). The fraction of sp³-hybridized carbons (Fsp3) is 1.00. The zero-order chi connectivity index (χ0) is 12.3. The molecule has 1 fully saturated rings. The van der Waals surface area contributed by atoms with E-state index in [4.69, 9.17) is 0 Å². The van der Waals surface area contributed by atoms with Crippen LogP contribution >= 0.6 is 0 Å². The molecule has 1 heterocycles. The minimum absolute atomic E-state index is 1.02. The first-order chi connectivity index (χ1) is 8.36. The number of nitrogens with one attached hydrogen (secondary N) is 1. The highest BCUT2D eigenvalue weighted by atomic mass is 15.1. The molecule has 102 valence electrons. The Labute approximate surface area is 108 Å². The van der Waals surface area contributed by atoms with Crippen LogP contribution in [0.15, 0.2) is 0 Å². The van der Waals surface area contributed by atoms with Gasteiger partial charge < -0.3 is 10.2 Å². The van der Waals surface area contributed by atoms with E-state index in [0.29, 0.717) is 0 Å². The van der Waals surface area contributed by atoms with E-state index in [2.05, 4.69) is 24.1 Å². The molecule has 1 N–H and O–H groups in total. The number of nitrogens with zero attached hydrogens (tertiary/aromatic N) is 1. The lowest BCUT2D eigenvalue weighted by Gasteiger charge is -2.20. The summed E-state index contributed by atoms with van der Waals surface area (Å²) >= 11 is 0. The van der Waals surface area contributed by atoms with E-state index < -0.39 is 0 Å². The third kappa shape index (κ3) is 7.05. The fourth-order valence-corrected chi connectivity index (χ4v) is 2.87. The molecule has 1 saturated heterocycles. The molecule has 0 aromatic carbocycles. The molecule has 2 nitrogen and oxygen atoms in total. The van der Waals surface area contributed by atoms with Crippen LogP contribution in [0.2, 0.25) is 0 Å². The zero-order valence-corrected chi connectivity index (χ0v) is 12.0. The lowest BCUT2D eigenvalue weighted by atomic mass is 9.96. The maximum atomic E-state index is 3.49. The summed E-state index contributed by atoms with van der Waals surface area (Å²) in [6, 6.07) is 0. The Morgan fingerprint density at radius 1 is 1.06 bits per heavy atom. The van der Waals surface area contributed by atoms with E-state index in [0.717, 1.165) is 5.92 Å². The summed E-state index contributed by atoms with van der Waals surface area (Å²) in [4.78, 5) is 2.68. The van der Waals surface area contributed by atoms with Crippen molar-refractivity contribution in [1.29, 1.82) is 0 Å². The van der Waals surface area contributed by atoms with Crippen molar-refractivity contribution in [1.82, 2.24) is 10.2 Å². The van der Waals surface area contributed by atoms with Gasteiger partial charge in [-0.3, -0.25) is 0 Å². The highest BCUT2D eigenvalue weighted by Gasteiger charge is 2.15. The van der Waals surface area contributed by atoms with Gasteiger partial charge in [0, 0.05) is 0 Å². The molecule has 0 aromatic heterocycles. The monoisotopic (exact) mass is 240 g/mol. The summed E-state index contributed by atoms with van der Waals surface area (Å²) in [5, 5.41) is 3.49.